The van der Waals surface area contributed by atoms with Crippen molar-refractivity contribution in [1.82, 2.24) is 19.8 Å². The molecule has 1 aromatic carbocycles. The van der Waals surface area contributed by atoms with E-state index < -0.39 is 0 Å². The van der Waals surface area contributed by atoms with Gasteiger partial charge in [-0.05, 0) is 31.5 Å². The van der Waals surface area contributed by atoms with E-state index in [1.165, 1.54) is 0 Å². The second kappa shape index (κ2) is 7.77. The maximum Gasteiger partial charge on any atom is 0.224 e. The van der Waals surface area contributed by atoms with E-state index >= 15 is 0 Å². The molecule has 0 saturated carbocycles. The molecule has 1 aliphatic heterocycles. The Morgan fingerprint density at radius 3 is 2.88 bits per heavy atom. The number of imidazole rings is 1. The average molecular weight is 330 g/mol. The van der Waals surface area contributed by atoms with E-state index in [2.05, 4.69) is 39.7 Å². The molecule has 1 amide bonds. The Labute approximate surface area is 142 Å². The molecule has 2 aromatic rings. The zero-order chi connectivity index (χ0) is 16.9. The van der Waals surface area contributed by atoms with Crippen LogP contribution < -0.4 is 5.32 Å². The molecule has 24 heavy (non-hydrogen) atoms. The van der Waals surface area contributed by atoms with Gasteiger partial charge in [0.15, 0.2) is 0 Å². The number of ether oxygens (including phenoxy) is 1. The molecule has 1 aromatic heterocycles. The van der Waals surface area contributed by atoms with Gasteiger partial charge in [0, 0.05) is 32.2 Å². The standard InChI is InChI=1S/C18H26N4O2/c1-14(2)22-13-20-16-11-15(3-4-17(16)22)12-18(23)19-5-6-21-7-9-24-10-8-21/h3-4,11,13-14H,5-10,12H2,1-2H3,(H,19,23). The van der Waals surface area contributed by atoms with Crippen LogP contribution in [-0.2, 0) is 16.0 Å². The van der Waals surface area contributed by atoms with Crippen LogP contribution in [0.5, 0.6) is 0 Å². The first-order chi connectivity index (χ1) is 11.6. The molecule has 0 radical (unpaired) electrons. The quantitative estimate of drug-likeness (QED) is 0.874. The molecule has 2 heterocycles. The van der Waals surface area contributed by atoms with Crippen LogP contribution in [0.25, 0.3) is 11.0 Å². The summed E-state index contributed by atoms with van der Waals surface area (Å²) in [4.78, 5) is 18.9. The van der Waals surface area contributed by atoms with Crippen molar-refractivity contribution >= 4 is 16.9 Å². The number of carbonyl (C=O) groups is 1. The van der Waals surface area contributed by atoms with Gasteiger partial charge in [0.05, 0.1) is 37.0 Å². The second-order valence-electron chi connectivity index (χ2n) is 6.55. The van der Waals surface area contributed by atoms with E-state index in [1.54, 1.807) is 0 Å². The highest BCUT2D eigenvalue weighted by Gasteiger charge is 2.11. The van der Waals surface area contributed by atoms with Crippen molar-refractivity contribution in [2.75, 3.05) is 39.4 Å². The van der Waals surface area contributed by atoms with Crippen molar-refractivity contribution in [1.29, 1.82) is 0 Å². The van der Waals surface area contributed by atoms with Crippen LogP contribution in [-0.4, -0.2) is 59.8 Å². The number of benzene rings is 1. The molecule has 1 N–H and O–H groups in total. The first-order valence-corrected chi connectivity index (χ1v) is 8.66. The Morgan fingerprint density at radius 2 is 2.12 bits per heavy atom. The predicted molar refractivity (Wildman–Crippen MR) is 94.1 cm³/mol. The number of rotatable bonds is 6. The van der Waals surface area contributed by atoms with E-state index in [0.717, 1.165) is 49.4 Å². The molecule has 0 unspecified atom stereocenters. The molecule has 130 valence electrons. The molecule has 1 saturated heterocycles. The summed E-state index contributed by atoms with van der Waals surface area (Å²) in [5.74, 6) is 0.0610. The lowest BCUT2D eigenvalue weighted by atomic mass is 10.1. The summed E-state index contributed by atoms with van der Waals surface area (Å²) in [5.41, 5.74) is 3.06. The lowest BCUT2D eigenvalue weighted by Gasteiger charge is -2.26. The van der Waals surface area contributed by atoms with Gasteiger partial charge in [-0.2, -0.15) is 0 Å². The Bertz CT molecular complexity index is 689. The minimum Gasteiger partial charge on any atom is -0.379 e. The van der Waals surface area contributed by atoms with Crippen LogP contribution >= 0.6 is 0 Å². The lowest BCUT2D eigenvalue weighted by Crippen LogP contribution is -2.41. The molecule has 0 spiro atoms. The summed E-state index contributed by atoms with van der Waals surface area (Å²) >= 11 is 0. The number of morpholine rings is 1. The Morgan fingerprint density at radius 1 is 1.33 bits per heavy atom. The first-order valence-electron chi connectivity index (χ1n) is 8.66. The van der Waals surface area contributed by atoms with Crippen LogP contribution in [0.3, 0.4) is 0 Å². The third-order valence-corrected chi connectivity index (χ3v) is 4.41. The number of carbonyl (C=O) groups excluding carboxylic acids is 1. The normalized spacial score (nSPS) is 16.0. The van der Waals surface area contributed by atoms with Crippen molar-refractivity contribution < 1.29 is 9.53 Å². The topological polar surface area (TPSA) is 59.4 Å². The highest BCUT2D eigenvalue weighted by atomic mass is 16.5. The Hall–Kier alpha value is -1.92. The molecule has 1 fully saturated rings. The fourth-order valence-corrected chi connectivity index (χ4v) is 3.02. The summed E-state index contributed by atoms with van der Waals surface area (Å²) < 4.78 is 7.46. The molecule has 1 aliphatic rings. The van der Waals surface area contributed by atoms with Crippen molar-refractivity contribution in [2.24, 2.45) is 0 Å². The summed E-state index contributed by atoms with van der Waals surface area (Å²) in [5, 5.41) is 3.00. The van der Waals surface area contributed by atoms with Gasteiger partial charge in [-0.15, -0.1) is 0 Å². The van der Waals surface area contributed by atoms with E-state index in [4.69, 9.17) is 4.74 Å². The maximum atomic E-state index is 12.1. The summed E-state index contributed by atoms with van der Waals surface area (Å²) in [6.45, 7) is 9.31. The third kappa shape index (κ3) is 4.13. The van der Waals surface area contributed by atoms with Gasteiger partial charge >= 0.3 is 0 Å². The number of nitrogens with one attached hydrogen (secondary N) is 1. The lowest BCUT2D eigenvalue weighted by molar-refractivity contribution is -0.120. The van der Waals surface area contributed by atoms with Gasteiger partial charge < -0.3 is 14.6 Å². The number of hydrogen-bond acceptors (Lipinski definition) is 4. The largest absolute Gasteiger partial charge is 0.379 e. The Balaban J connectivity index is 1.51. The zero-order valence-corrected chi connectivity index (χ0v) is 14.5. The maximum absolute atomic E-state index is 12.1. The molecule has 0 bridgehead atoms. The minimum atomic E-state index is 0.0610. The average Bonchev–Trinajstić information content (AvgIpc) is 2.99. The number of nitrogens with zero attached hydrogens (tertiary/aromatic N) is 3. The minimum absolute atomic E-state index is 0.0610. The molecule has 3 rings (SSSR count). The van der Waals surface area contributed by atoms with Gasteiger partial charge in [0.1, 0.15) is 0 Å². The van der Waals surface area contributed by atoms with Crippen LogP contribution in [0, 0.1) is 0 Å². The zero-order valence-electron chi connectivity index (χ0n) is 14.5. The SMILES string of the molecule is CC(C)n1cnc2cc(CC(=O)NCCN3CCOCC3)ccc21. The van der Waals surface area contributed by atoms with Crippen molar-refractivity contribution in [3.8, 4) is 0 Å². The molecular formula is C18H26N4O2. The van der Waals surface area contributed by atoms with E-state index in [9.17, 15) is 4.79 Å². The van der Waals surface area contributed by atoms with Gasteiger partial charge in [0.2, 0.25) is 5.91 Å². The summed E-state index contributed by atoms with van der Waals surface area (Å²) in [7, 11) is 0. The smallest absolute Gasteiger partial charge is 0.224 e. The highest BCUT2D eigenvalue weighted by molar-refractivity contribution is 5.81. The summed E-state index contributed by atoms with van der Waals surface area (Å²) in [6, 6.07) is 6.46. The monoisotopic (exact) mass is 330 g/mol. The predicted octanol–water partition coefficient (Wildman–Crippen LogP) is 1.61. The van der Waals surface area contributed by atoms with E-state index in [1.807, 2.05) is 18.5 Å². The van der Waals surface area contributed by atoms with Gasteiger partial charge in [-0.1, -0.05) is 6.07 Å². The van der Waals surface area contributed by atoms with Crippen molar-refractivity contribution in [3.05, 3.63) is 30.1 Å². The van der Waals surface area contributed by atoms with Crippen LogP contribution in [0.4, 0.5) is 0 Å². The fourth-order valence-electron chi connectivity index (χ4n) is 3.02. The number of aromatic nitrogens is 2. The molecule has 6 nitrogen and oxygen atoms in total. The fraction of sp³-hybridized carbons (Fsp3) is 0.556. The van der Waals surface area contributed by atoms with Gasteiger partial charge in [-0.25, -0.2) is 4.98 Å². The van der Waals surface area contributed by atoms with Gasteiger partial charge in [0.25, 0.3) is 0 Å². The molecule has 0 atom stereocenters. The summed E-state index contributed by atoms with van der Waals surface area (Å²) in [6.07, 6.45) is 2.26. The number of fused-ring (bicyclic) bond motifs is 1. The van der Waals surface area contributed by atoms with E-state index in [0.29, 0.717) is 19.0 Å². The van der Waals surface area contributed by atoms with Crippen LogP contribution in [0.15, 0.2) is 24.5 Å². The van der Waals surface area contributed by atoms with E-state index in [-0.39, 0.29) is 5.91 Å². The van der Waals surface area contributed by atoms with Crippen molar-refractivity contribution in [3.63, 3.8) is 0 Å². The molecule has 0 aliphatic carbocycles. The van der Waals surface area contributed by atoms with Crippen molar-refractivity contribution in [2.45, 2.75) is 26.3 Å². The molecular weight excluding hydrogens is 304 g/mol. The second-order valence-corrected chi connectivity index (χ2v) is 6.55. The molecule has 6 heteroatoms. The van der Waals surface area contributed by atoms with Crippen LogP contribution in [0.2, 0.25) is 0 Å². The third-order valence-electron chi connectivity index (χ3n) is 4.41. The first kappa shape index (κ1) is 16.9. The van der Waals surface area contributed by atoms with Crippen LogP contribution in [0.1, 0.15) is 25.5 Å². The highest BCUT2D eigenvalue weighted by Crippen LogP contribution is 2.19. The number of amides is 1. The Kier molecular flexibility index (Phi) is 5.48. The number of hydrogen-bond donors (Lipinski definition) is 1. The van der Waals surface area contributed by atoms with Gasteiger partial charge in [-0.3, -0.25) is 9.69 Å².